The molecule has 1 aromatic carbocycles. The highest BCUT2D eigenvalue weighted by Crippen LogP contribution is 2.60. The first kappa shape index (κ1) is 24.4. The molecule has 7 atom stereocenters. The van der Waals surface area contributed by atoms with E-state index in [4.69, 9.17) is 16.3 Å². The van der Waals surface area contributed by atoms with Crippen LogP contribution in [0.15, 0.2) is 18.2 Å². The van der Waals surface area contributed by atoms with Crippen molar-refractivity contribution in [2.75, 3.05) is 19.0 Å². The van der Waals surface area contributed by atoms with E-state index in [2.05, 4.69) is 26.6 Å². The number of aliphatic hydroxyl groups is 1. The first-order chi connectivity index (χ1) is 15.6. The van der Waals surface area contributed by atoms with Gasteiger partial charge in [-0.15, -0.1) is 0 Å². The lowest BCUT2D eigenvalue weighted by atomic mass is 9.70. The molecule has 4 rings (SSSR count). The number of fused-ring (bicyclic) bond motifs is 1. The highest BCUT2D eigenvalue weighted by Gasteiger charge is 2.77. The van der Waals surface area contributed by atoms with Gasteiger partial charge in [0.05, 0.1) is 41.3 Å². The summed E-state index contributed by atoms with van der Waals surface area (Å²) in [5.41, 5.74) is 0.0585. The molecule has 2 bridgehead atoms. The summed E-state index contributed by atoms with van der Waals surface area (Å²) in [6.45, 7) is 5.29. The van der Waals surface area contributed by atoms with Gasteiger partial charge in [0.1, 0.15) is 11.6 Å². The summed E-state index contributed by atoms with van der Waals surface area (Å²) >= 11 is 9.97. The highest BCUT2D eigenvalue weighted by molar-refractivity contribution is 9.09. The Kier molecular flexibility index (Phi) is 6.54. The quantitative estimate of drug-likeness (QED) is 0.477. The van der Waals surface area contributed by atoms with E-state index < -0.39 is 41.5 Å². The Morgan fingerprint density at radius 3 is 2.64 bits per heavy atom. The zero-order valence-electron chi connectivity index (χ0n) is 19.0. The van der Waals surface area contributed by atoms with Gasteiger partial charge in [0, 0.05) is 11.9 Å². The molecule has 180 valence electrons. The van der Waals surface area contributed by atoms with Crippen LogP contribution in [0.25, 0.3) is 0 Å². The van der Waals surface area contributed by atoms with Crippen LogP contribution in [0.2, 0.25) is 5.02 Å². The van der Waals surface area contributed by atoms with Crippen LogP contribution in [0.4, 0.5) is 5.69 Å². The Morgan fingerprint density at radius 2 is 2.06 bits per heavy atom. The summed E-state index contributed by atoms with van der Waals surface area (Å²) in [4.78, 5) is 41.8. The van der Waals surface area contributed by atoms with Gasteiger partial charge in [-0.05, 0) is 30.9 Å². The van der Waals surface area contributed by atoms with E-state index in [-0.39, 0.29) is 29.2 Å². The average molecular weight is 543 g/mol. The third-order valence-electron chi connectivity index (χ3n) is 7.31. The van der Waals surface area contributed by atoms with Crippen molar-refractivity contribution in [2.24, 2.45) is 17.8 Å². The summed E-state index contributed by atoms with van der Waals surface area (Å²) in [6.07, 6.45) is -0.126. The number of likely N-dealkylation sites (tertiary alicyclic amines) is 1. The number of benzene rings is 1. The maximum atomic E-state index is 13.9. The van der Waals surface area contributed by atoms with Crippen LogP contribution in [-0.4, -0.2) is 70.0 Å². The van der Waals surface area contributed by atoms with Crippen molar-refractivity contribution in [1.82, 2.24) is 10.2 Å². The largest absolute Gasteiger partial charge is 0.394 e. The number of para-hydroxylation sites is 1. The second-order valence-corrected chi connectivity index (χ2v) is 11.0. The minimum atomic E-state index is -1.19. The summed E-state index contributed by atoms with van der Waals surface area (Å²) in [5, 5.41) is 16.1. The molecule has 3 aliphatic rings. The predicted molar refractivity (Wildman–Crippen MR) is 127 cm³/mol. The average Bonchev–Trinajstić information content (AvgIpc) is 3.34. The molecule has 3 N–H and O–H groups in total. The Morgan fingerprint density at radius 1 is 1.36 bits per heavy atom. The molecule has 3 aliphatic heterocycles. The second-order valence-electron chi connectivity index (χ2n) is 9.44. The fourth-order valence-corrected chi connectivity index (χ4v) is 7.00. The fraction of sp³-hybridized carbons (Fsp3) is 0.609. The van der Waals surface area contributed by atoms with Gasteiger partial charge in [-0.25, -0.2) is 0 Å². The Labute approximate surface area is 206 Å². The molecule has 0 saturated carbocycles. The van der Waals surface area contributed by atoms with Crippen molar-refractivity contribution in [1.29, 1.82) is 0 Å². The molecule has 3 unspecified atom stereocenters. The normalized spacial score (nSPS) is 33.4. The number of aliphatic hydroxyl groups excluding tert-OH is 1. The van der Waals surface area contributed by atoms with Gasteiger partial charge in [-0.3, -0.25) is 14.4 Å². The van der Waals surface area contributed by atoms with E-state index in [1.54, 1.807) is 12.1 Å². The van der Waals surface area contributed by atoms with E-state index in [0.717, 1.165) is 5.56 Å². The number of aryl methyl sites for hydroxylation is 1. The van der Waals surface area contributed by atoms with Gasteiger partial charge < -0.3 is 25.4 Å². The van der Waals surface area contributed by atoms with Crippen molar-refractivity contribution < 1.29 is 24.2 Å². The molecule has 0 radical (unpaired) electrons. The van der Waals surface area contributed by atoms with Crippen molar-refractivity contribution in [3.63, 3.8) is 0 Å². The molecule has 1 aromatic rings. The third-order valence-corrected chi connectivity index (χ3v) is 8.47. The number of hydrogen-bond acceptors (Lipinski definition) is 5. The van der Waals surface area contributed by atoms with Gasteiger partial charge in [0.15, 0.2) is 0 Å². The number of carbonyl (C=O) groups is 3. The molecular weight excluding hydrogens is 514 g/mol. The molecule has 1 spiro atoms. The van der Waals surface area contributed by atoms with Gasteiger partial charge in [-0.2, -0.15) is 0 Å². The molecule has 0 aliphatic carbocycles. The predicted octanol–water partition coefficient (Wildman–Crippen LogP) is 2.10. The molecule has 3 saturated heterocycles. The van der Waals surface area contributed by atoms with Gasteiger partial charge >= 0.3 is 0 Å². The lowest BCUT2D eigenvalue weighted by Crippen LogP contribution is -2.57. The minimum Gasteiger partial charge on any atom is -0.394 e. The van der Waals surface area contributed by atoms with Crippen LogP contribution in [0.1, 0.15) is 25.8 Å². The number of alkyl halides is 1. The van der Waals surface area contributed by atoms with E-state index in [9.17, 15) is 19.5 Å². The standard InChI is InChI=1S/C23H29BrClN3O5/c1-10(2)14(9-29)28-19(21(31)27-17-11(3)6-5-7-13(17)25)23-8-12(24)18(33-23)15(20(30)26-4)16(23)22(28)32/h5-7,10,12,14-16,18-19,29H,8-9H2,1-4H3,(H,26,30)(H,27,31)/t12?,14-,15-,16-,18-,19?,23?/m0/s1. The lowest BCUT2D eigenvalue weighted by molar-refractivity contribution is -0.145. The number of nitrogens with one attached hydrogen (secondary N) is 2. The van der Waals surface area contributed by atoms with Gasteiger partial charge in [0.25, 0.3) is 0 Å². The topological polar surface area (TPSA) is 108 Å². The van der Waals surface area contributed by atoms with Crippen LogP contribution < -0.4 is 10.6 Å². The Balaban J connectivity index is 1.82. The van der Waals surface area contributed by atoms with E-state index >= 15 is 0 Å². The number of nitrogens with zero attached hydrogens (tertiary/aromatic N) is 1. The smallest absolute Gasteiger partial charge is 0.250 e. The maximum absolute atomic E-state index is 13.9. The fourth-order valence-electron chi connectivity index (χ4n) is 5.79. The van der Waals surface area contributed by atoms with Gasteiger partial charge in [0.2, 0.25) is 17.7 Å². The second kappa shape index (κ2) is 8.83. The SMILES string of the molecule is CNC(=O)[C@H]1[C@H]2C(=O)N([C@@H](CO)C(C)C)C(C(=O)Nc3c(C)cccc3Cl)C23CC(Br)[C@@H]1O3. The van der Waals surface area contributed by atoms with Crippen molar-refractivity contribution >= 4 is 50.9 Å². The zero-order chi connectivity index (χ0) is 24.2. The van der Waals surface area contributed by atoms with Gasteiger partial charge in [-0.1, -0.05) is 53.5 Å². The van der Waals surface area contributed by atoms with E-state index in [0.29, 0.717) is 17.1 Å². The molecular formula is C23H29BrClN3O5. The Hall–Kier alpha value is -1.68. The number of anilines is 1. The van der Waals surface area contributed by atoms with E-state index in [1.165, 1.54) is 11.9 Å². The van der Waals surface area contributed by atoms with Crippen molar-refractivity contribution in [3.05, 3.63) is 28.8 Å². The number of ether oxygens (including phenoxy) is 1. The summed E-state index contributed by atoms with van der Waals surface area (Å²) in [5.74, 6) is -2.74. The van der Waals surface area contributed by atoms with Crippen LogP contribution >= 0.6 is 27.5 Å². The molecule has 0 aromatic heterocycles. The molecule has 10 heteroatoms. The number of halogens is 2. The monoisotopic (exact) mass is 541 g/mol. The molecule has 8 nitrogen and oxygen atoms in total. The van der Waals surface area contributed by atoms with Crippen LogP contribution in [-0.2, 0) is 19.1 Å². The van der Waals surface area contributed by atoms with Crippen LogP contribution in [0.5, 0.6) is 0 Å². The third kappa shape index (κ3) is 3.59. The summed E-state index contributed by atoms with van der Waals surface area (Å²) in [7, 11) is 1.52. The van der Waals surface area contributed by atoms with E-state index in [1.807, 2.05) is 26.8 Å². The molecule has 3 fully saturated rings. The molecule has 33 heavy (non-hydrogen) atoms. The summed E-state index contributed by atoms with van der Waals surface area (Å²) < 4.78 is 6.39. The highest BCUT2D eigenvalue weighted by atomic mass is 79.9. The van der Waals surface area contributed by atoms with Crippen LogP contribution in [0, 0.1) is 24.7 Å². The van der Waals surface area contributed by atoms with Crippen LogP contribution in [0.3, 0.4) is 0 Å². The molecule has 3 heterocycles. The number of rotatable bonds is 6. The number of amides is 3. The number of carbonyl (C=O) groups excluding carboxylic acids is 3. The lowest BCUT2D eigenvalue weighted by Gasteiger charge is -2.38. The maximum Gasteiger partial charge on any atom is 0.250 e. The molecule has 3 amide bonds. The first-order valence-corrected chi connectivity index (χ1v) is 12.4. The Bertz CT molecular complexity index is 971. The summed E-state index contributed by atoms with van der Waals surface area (Å²) in [6, 6.07) is 3.67. The number of hydrogen-bond donors (Lipinski definition) is 3. The first-order valence-electron chi connectivity index (χ1n) is 11.1. The zero-order valence-corrected chi connectivity index (χ0v) is 21.3. The minimum absolute atomic E-state index is 0.123. The van der Waals surface area contributed by atoms with Crippen molar-refractivity contribution in [3.8, 4) is 0 Å². The van der Waals surface area contributed by atoms with Crippen molar-refractivity contribution in [2.45, 2.75) is 55.8 Å².